The Morgan fingerprint density at radius 1 is 1.11 bits per heavy atom. The molecule has 2 atom stereocenters. The number of imidazole rings is 1. The predicted molar refractivity (Wildman–Crippen MR) is 136 cm³/mol. The number of pyridine rings is 1. The summed E-state index contributed by atoms with van der Waals surface area (Å²) < 4.78 is 18.1. The first-order chi connectivity index (χ1) is 17.3. The molecule has 1 aliphatic carbocycles. The fourth-order valence-corrected chi connectivity index (χ4v) is 4.19. The van der Waals surface area contributed by atoms with E-state index in [4.69, 9.17) is 14.2 Å². The number of hydrogen-bond donors (Lipinski definition) is 0. The summed E-state index contributed by atoms with van der Waals surface area (Å²) in [7, 11) is 0. The maximum atomic E-state index is 13.1. The lowest BCUT2D eigenvalue weighted by molar-refractivity contribution is -0.146. The molecule has 2 aromatic heterocycles. The van der Waals surface area contributed by atoms with Crippen LogP contribution in [0.1, 0.15) is 73.4 Å². The van der Waals surface area contributed by atoms with Crippen LogP contribution in [-0.2, 0) is 24.4 Å². The minimum Gasteiger partial charge on any atom is -0.465 e. The Bertz CT molecular complexity index is 1070. The molecule has 2 heterocycles. The Morgan fingerprint density at radius 3 is 2.30 bits per heavy atom. The molecule has 0 bridgehead atoms. The zero-order valence-corrected chi connectivity index (χ0v) is 22.8. The van der Waals surface area contributed by atoms with Crippen LogP contribution >= 0.6 is 0 Å². The summed E-state index contributed by atoms with van der Waals surface area (Å²) in [5.74, 6) is -0.351. The molecular formula is C27H38N4O6. The van der Waals surface area contributed by atoms with Crippen molar-refractivity contribution in [1.82, 2.24) is 19.4 Å². The molecule has 1 fully saturated rings. The molecule has 1 saturated carbocycles. The number of rotatable bonds is 8. The second kappa shape index (κ2) is 10.9. The van der Waals surface area contributed by atoms with Crippen molar-refractivity contribution in [3.63, 3.8) is 0 Å². The van der Waals surface area contributed by atoms with Gasteiger partial charge in [-0.2, -0.15) is 0 Å². The lowest BCUT2D eigenvalue weighted by Crippen LogP contribution is -2.44. The molecule has 202 valence electrons. The van der Waals surface area contributed by atoms with Gasteiger partial charge in [0.05, 0.1) is 30.5 Å². The number of imide groups is 1. The van der Waals surface area contributed by atoms with E-state index in [-0.39, 0.29) is 25.0 Å². The summed E-state index contributed by atoms with van der Waals surface area (Å²) in [5.41, 5.74) is -0.912. The van der Waals surface area contributed by atoms with E-state index in [2.05, 4.69) is 9.97 Å². The largest absolute Gasteiger partial charge is 0.465 e. The van der Waals surface area contributed by atoms with Crippen LogP contribution in [0.2, 0.25) is 0 Å². The molecule has 2 aromatic rings. The van der Waals surface area contributed by atoms with Crippen LogP contribution < -0.4 is 0 Å². The smallest absolute Gasteiger partial charge is 0.419 e. The number of esters is 1. The van der Waals surface area contributed by atoms with E-state index in [1.807, 2.05) is 22.9 Å². The van der Waals surface area contributed by atoms with Crippen molar-refractivity contribution in [3.05, 3.63) is 42.7 Å². The molecule has 1 aliphatic rings. The Kier molecular flexibility index (Phi) is 8.29. The standard InChI is InChI=1S/C27H38N4O6/c1-8-35-22(32)27(21-17-30(18-29-21)20-12-9-13-28-16-20)15-19(27)11-10-14-31(23(33)36-25(2,3)4)24(34)37-26(5,6)7/h9,12-13,16-19H,8,10-11,14-15H2,1-7H3/t19-,27?/m1/s1. The van der Waals surface area contributed by atoms with Crippen LogP contribution in [0.3, 0.4) is 0 Å². The molecular weight excluding hydrogens is 476 g/mol. The Hall–Kier alpha value is -3.43. The van der Waals surface area contributed by atoms with E-state index >= 15 is 0 Å². The quantitative estimate of drug-likeness (QED) is 0.356. The minimum atomic E-state index is -0.855. The summed E-state index contributed by atoms with van der Waals surface area (Å²) >= 11 is 0. The topological polar surface area (TPSA) is 113 Å². The van der Waals surface area contributed by atoms with Crippen molar-refractivity contribution in [3.8, 4) is 5.69 Å². The van der Waals surface area contributed by atoms with Gasteiger partial charge in [0.15, 0.2) is 0 Å². The van der Waals surface area contributed by atoms with Crippen molar-refractivity contribution >= 4 is 18.2 Å². The van der Waals surface area contributed by atoms with Crippen LogP contribution in [0.25, 0.3) is 5.69 Å². The zero-order chi connectivity index (χ0) is 27.4. The average Bonchev–Trinajstić information content (AvgIpc) is 3.30. The number of nitrogens with zero attached hydrogens (tertiary/aromatic N) is 4. The van der Waals surface area contributed by atoms with Crippen molar-refractivity contribution in [2.75, 3.05) is 13.2 Å². The number of amides is 2. The minimum absolute atomic E-state index is 0.0390. The Morgan fingerprint density at radius 2 is 1.76 bits per heavy atom. The van der Waals surface area contributed by atoms with Gasteiger partial charge in [-0.3, -0.25) is 9.78 Å². The highest BCUT2D eigenvalue weighted by Crippen LogP contribution is 2.57. The monoisotopic (exact) mass is 514 g/mol. The maximum absolute atomic E-state index is 13.1. The molecule has 1 unspecified atom stereocenters. The Labute approximate surface area is 218 Å². The highest BCUT2D eigenvalue weighted by Gasteiger charge is 2.63. The van der Waals surface area contributed by atoms with Gasteiger partial charge >= 0.3 is 18.2 Å². The van der Waals surface area contributed by atoms with Gasteiger partial charge in [0.2, 0.25) is 0 Å². The van der Waals surface area contributed by atoms with E-state index < -0.39 is 28.8 Å². The molecule has 0 spiro atoms. The number of hydrogen-bond acceptors (Lipinski definition) is 8. The second-order valence-electron chi connectivity index (χ2n) is 11.2. The van der Waals surface area contributed by atoms with Gasteiger partial charge in [-0.05, 0) is 85.8 Å². The van der Waals surface area contributed by atoms with Crippen molar-refractivity contribution in [1.29, 1.82) is 0 Å². The van der Waals surface area contributed by atoms with E-state index in [0.717, 1.165) is 10.6 Å². The maximum Gasteiger partial charge on any atom is 0.419 e. The van der Waals surface area contributed by atoms with E-state index in [0.29, 0.717) is 25.0 Å². The molecule has 3 rings (SSSR count). The summed E-state index contributed by atoms with van der Waals surface area (Å²) in [6.45, 7) is 12.6. The van der Waals surface area contributed by atoms with Gasteiger partial charge in [-0.1, -0.05) is 0 Å². The molecule has 10 heteroatoms. The summed E-state index contributed by atoms with van der Waals surface area (Å²) in [4.78, 5) is 48.3. The molecule has 37 heavy (non-hydrogen) atoms. The number of ether oxygens (including phenoxy) is 3. The zero-order valence-electron chi connectivity index (χ0n) is 22.8. The number of carbonyl (C=O) groups excluding carboxylic acids is 3. The third kappa shape index (κ3) is 7.08. The lowest BCUT2D eigenvalue weighted by atomic mass is 9.97. The normalized spacial score (nSPS) is 19.2. The third-order valence-electron chi connectivity index (χ3n) is 5.89. The molecule has 0 N–H and O–H groups in total. The van der Waals surface area contributed by atoms with Crippen LogP contribution in [0.5, 0.6) is 0 Å². The van der Waals surface area contributed by atoms with E-state index in [9.17, 15) is 14.4 Å². The average molecular weight is 515 g/mol. The van der Waals surface area contributed by atoms with Crippen molar-refractivity contribution < 1.29 is 28.6 Å². The van der Waals surface area contributed by atoms with Crippen molar-refractivity contribution in [2.45, 2.75) is 84.3 Å². The fraction of sp³-hybridized carbons (Fsp3) is 0.593. The molecule has 0 radical (unpaired) electrons. The van der Waals surface area contributed by atoms with Gasteiger partial charge in [0, 0.05) is 18.9 Å². The Balaban J connectivity index is 1.73. The van der Waals surface area contributed by atoms with E-state index in [1.54, 1.807) is 67.2 Å². The molecule has 0 aromatic carbocycles. The molecule has 0 aliphatic heterocycles. The first-order valence-electron chi connectivity index (χ1n) is 12.6. The fourth-order valence-electron chi connectivity index (χ4n) is 4.19. The van der Waals surface area contributed by atoms with Gasteiger partial charge in [-0.15, -0.1) is 0 Å². The third-order valence-corrected chi connectivity index (χ3v) is 5.89. The summed E-state index contributed by atoms with van der Waals surface area (Å²) in [6, 6.07) is 3.74. The SMILES string of the molecule is CCOC(=O)C1(c2cn(-c3cccnc3)cn2)C[C@H]1CCCN(C(=O)OC(C)(C)C)C(=O)OC(C)(C)C. The summed E-state index contributed by atoms with van der Waals surface area (Å²) in [6.07, 6.45) is 7.01. The van der Waals surface area contributed by atoms with E-state index in [1.165, 1.54) is 0 Å². The second-order valence-corrected chi connectivity index (χ2v) is 11.2. The predicted octanol–water partition coefficient (Wildman–Crippen LogP) is 5.04. The highest BCUT2D eigenvalue weighted by atomic mass is 16.6. The first kappa shape index (κ1) is 28.1. The van der Waals surface area contributed by atoms with Gasteiger partial charge in [0.1, 0.15) is 16.6 Å². The van der Waals surface area contributed by atoms with Gasteiger partial charge in [-0.25, -0.2) is 19.5 Å². The first-order valence-corrected chi connectivity index (χ1v) is 12.6. The van der Waals surface area contributed by atoms with Crippen LogP contribution in [0.15, 0.2) is 37.1 Å². The number of aromatic nitrogens is 3. The van der Waals surface area contributed by atoms with Gasteiger partial charge < -0.3 is 18.8 Å². The van der Waals surface area contributed by atoms with Crippen LogP contribution in [-0.4, -0.2) is 61.9 Å². The number of carbonyl (C=O) groups is 3. The molecule has 10 nitrogen and oxygen atoms in total. The molecule has 0 saturated heterocycles. The summed E-state index contributed by atoms with van der Waals surface area (Å²) in [5, 5.41) is 0. The van der Waals surface area contributed by atoms with Crippen LogP contribution in [0, 0.1) is 5.92 Å². The van der Waals surface area contributed by atoms with Gasteiger partial charge in [0.25, 0.3) is 0 Å². The lowest BCUT2D eigenvalue weighted by Gasteiger charge is -2.28. The molecule has 2 amide bonds. The van der Waals surface area contributed by atoms with Crippen molar-refractivity contribution in [2.24, 2.45) is 5.92 Å². The van der Waals surface area contributed by atoms with Crippen LogP contribution in [0.4, 0.5) is 9.59 Å². The highest BCUT2D eigenvalue weighted by molar-refractivity contribution is 5.88.